The molecule has 0 atom stereocenters. The molecule has 1 aromatic carbocycles. The number of carboxylic acids is 1. The predicted octanol–water partition coefficient (Wildman–Crippen LogP) is 1.99. The SMILES string of the molecule is COc1cccc(C2CC(N(C)C(=O)Cn3ccc(C(=O)O)n3)C2)c1. The maximum Gasteiger partial charge on any atom is 0.356 e. The van der Waals surface area contributed by atoms with Gasteiger partial charge in [0.05, 0.1) is 7.11 Å². The Kier molecular flexibility index (Phi) is 4.74. The van der Waals surface area contributed by atoms with Crippen LogP contribution in [0.2, 0.25) is 0 Å². The Balaban J connectivity index is 1.54. The molecule has 7 nitrogen and oxygen atoms in total. The molecule has 132 valence electrons. The normalized spacial score (nSPS) is 19.1. The topological polar surface area (TPSA) is 84.7 Å². The zero-order valence-corrected chi connectivity index (χ0v) is 14.3. The Bertz CT molecular complexity index is 780. The van der Waals surface area contributed by atoms with Gasteiger partial charge in [-0.05, 0) is 42.5 Å². The molecule has 0 bridgehead atoms. The van der Waals surface area contributed by atoms with Crippen LogP contribution in [0.5, 0.6) is 5.75 Å². The number of methoxy groups -OCH3 is 1. The summed E-state index contributed by atoms with van der Waals surface area (Å²) in [5.74, 6) is 0.103. The van der Waals surface area contributed by atoms with Gasteiger partial charge in [-0.2, -0.15) is 5.10 Å². The Morgan fingerprint density at radius 2 is 2.12 bits per heavy atom. The van der Waals surface area contributed by atoms with E-state index < -0.39 is 5.97 Å². The molecule has 1 aliphatic carbocycles. The van der Waals surface area contributed by atoms with E-state index in [4.69, 9.17) is 9.84 Å². The molecule has 1 aromatic heterocycles. The molecule has 0 radical (unpaired) electrons. The smallest absolute Gasteiger partial charge is 0.356 e. The second-order valence-electron chi connectivity index (χ2n) is 6.31. The van der Waals surface area contributed by atoms with E-state index in [0.717, 1.165) is 18.6 Å². The summed E-state index contributed by atoms with van der Waals surface area (Å²) in [4.78, 5) is 24.9. The molecule has 1 amide bonds. The number of hydrogen-bond acceptors (Lipinski definition) is 4. The molecule has 1 heterocycles. The monoisotopic (exact) mass is 343 g/mol. The third-order valence-corrected chi connectivity index (χ3v) is 4.78. The van der Waals surface area contributed by atoms with Gasteiger partial charge in [0, 0.05) is 19.3 Å². The van der Waals surface area contributed by atoms with E-state index in [0.29, 0.717) is 5.92 Å². The van der Waals surface area contributed by atoms with Crippen molar-refractivity contribution in [2.75, 3.05) is 14.2 Å². The quantitative estimate of drug-likeness (QED) is 0.867. The number of rotatable bonds is 6. The molecular weight excluding hydrogens is 322 g/mol. The van der Waals surface area contributed by atoms with Gasteiger partial charge in [0.1, 0.15) is 12.3 Å². The number of ether oxygens (including phenoxy) is 1. The molecule has 0 aliphatic heterocycles. The van der Waals surface area contributed by atoms with Crippen LogP contribution in [0.25, 0.3) is 0 Å². The largest absolute Gasteiger partial charge is 0.497 e. The molecule has 0 spiro atoms. The third-order valence-electron chi connectivity index (χ3n) is 4.78. The lowest BCUT2D eigenvalue weighted by molar-refractivity contribution is -0.134. The number of benzene rings is 1. The highest BCUT2D eigenvalue weighted by molar-refractivity contribution is 5.85. The van der Waals surface area contributed by atoms with Crippen LogP contribution < -0.4 is 4.74 Å². The molecule has 0 unspecified atom stereocenters. The van der Waals surface area contributed by atoms with Crippen molar-refractivity contribution in [3.8, 4) is 5.75 Å². The van der Waals surface area contributed by atoms with Gasteiger partial charge >= 0.3 is 5.97 Å². The van der Waals surface area contributed by atoms with Crippen LogP contribution in [0.15, 0.2) is 36.5 Å². The van der Waals surface area contributed by atoms with Crippen molar-refractivity contribution < 1.29 is 19.4 Å². The highest BCUT2D eigenvalue weighted by Crippen LogP contribution is 2.40. The minimum absolute atomic E-state index is 0.0457. The molecule has 1 aliphatic rings. The zero-order valence-electron chi connectivity index (χ0n) is 14.3. The second-order valence-corrected chi connectivity index (χ2v) is 6.31. The summed E-state index contributed by atoms with van der Waals surface area (Å²) in [5.41, 5.74) is 1.17. The summed E-state index contributed by atoms with van der Waals surface area (Å²) in [6.07, 6.45) is 3.33. The number of carboxylic acid groups (broad SMARTS) is 1. The minimum Gasteiger partial charge on any atom is -0.497 e. The van der Waals surface area contributed by atoms with Gasteiger partial charge in [0.15, 0.2) is 5.69 Å². The van der Waals surface area contributed by atoms with Crippen LogP contribution in [0.3, 0.4) is 0 Å². The molecule has 1 saturated carbocycles. The van der Waals surface area contributed by atoms with E-state index in [1.165, 1.54) is 22.5 Å². The number of carbonyl (C=O) groups is 2. The number of aromatic carboxylic acids is 1. The summed E-state index contributed by atoms with van der Waals surface area (Å²) < 4.78 is 6.62. The average molecular weight is 343 g/mol. The Labute approximate surface area is 145 Å². The fraction of sp³-hybridized carbons (Fsp3) is 0.389. The highest BCUT2D eigenvalue weighted by Gasteiger charge is 2.35. The van der Waals surface area contributed by atoms with Crippen LogP contribution in [0, 0.1) is 0 Å². The molecule has 7 heteroatoms. The van der Waals surface area contributed by atoms with Gasteiger partial charge in [0.25, 0.3) is 0 Å². The van der Waals surface area contributed by atoms with Crippen molar-refractivity contribution in [3.63, 3.8) is 0 Å². The number of likely N-dealkylation sites (N-methyl/N-ethyl adjacent to an activating group) is 1. The van der Waals surface area contributed by atoms with Crippen LogP contribution in [0.1, 0.15) is 34.8 Å². The van der Waals surface area contributed by atoms with Gasteiger partial charge < -0.3 is 14.7 Å². The maximum absolute atomic E-state index is 12.4. The van der Waals surface area contributed by atoms with Crippen LogP contribution in [0.4, 0.5) is 0 Å². The summed E-state index contributed by atoms with van der Waals surface area (Å²) in [6.45, 7) is 0.0457. The summed E-state index contributed by atoms with van der Waals surface area (Å²) >= 11 is 0. The molecule has 0 saturated heterocycles. The summed E-state index contributed by atoms with van der Waals surface area (Å²) in [5, 5.41) is 12.7. The number of carbonyl (C=O) groups excluding carboxylic acids is 1. The van der Waals surface area contributed by atoms with Gasteiger partial charge in [0.2, 0.25) is 5.91 Å². The van der Waals surface area contributed by atoms with E-state index in [1.54, 1.807) is 19.1 Å². The molecule has 3 rings (SSSR count). The third kappa shape index (κ3) is 3.65. The average Bonchev–Trinajstić information content (AvgIpc) is 3.02. The second kappa shape index (κ2) is 6.96. The highest BCUT2D eigenvalue weighted by atomic mass is 16.5. The molecule has 2 aromatic rings. The Morgan fingerprint density at radius 3 is 2.76 bits per heavy atom. The Morgan fingerprint density at radius 1 is 1.36 bits per heavy atom. The fourth-order valence-corrected chi connectivity index (χ4v) is 3.09. The maximum atomic E-state index is 12.4. The minimum atomic E-state index is -1.10. The van der Waals surface area contributed by atoms with Crippen molar-refractivity contribution in [3.05, 3.63) is 47.8 Å². The van der Waals surface area contributed by atoms with Crippen molar-refractivity contribution in [2.45, 2.75) is 31.3 Å². The molecular formula is C18H21N3O4. The first-order chi connectivity index (χ1) is 12.0. The first kappa shape index (κ1) is 17.0. The van der Waals surface area contributed by atoms with E-state index in [9.17, 15) is 9.59 Å². The van der Waals surface area contributed by atoms with Crippen molar-refractivity contribution in [1.29, 1.82) is 0 Å². The van der Waals surface area contributed by atoms with E-state index in [2.05, 4.69) is 11.2 Å². The fourth-order valence-electron chi connectivity index (χ4n) is 3.09. The zero-order chi connectivity index (χ0) is 18.0. The first-order valence-corrected chi connectivity index (χ1v) is 8.14. The van der Waals surface area contributed by atoms with E-state index in [-0.39, 0.29) is 24.2 Å². The standard InChI is InChI=1S/C18H21N3O4/c1-20(17(22)11-21-7-6-16(19-21)18(23)24)14-8-13(9-14)12-4-3-5-15(10-12)25-2/h3-7,10,13-14H,8-9,11H2,1-2H3,(H,23,24). The number of aromatic nitrogens is 2. The van der Waals surface area contributed by atoms with Crippen molar-refractivity contribution in [1.82, 2.24) is 14.7 Å². The molecule has 1 N–H and O–H groups in total. The number of hydrogen-bond donors (Lipinski definition) is 1. The number of amides is 1. The van der Waals surface area contributed by atoms with Crippen molar-refractivity contribution in [2.24, 2.45) is 0 Å². The van der Waals surface area contributed by atoms with Crippen molar-refractivity contribution >= 4 is 11.9 Å². The van der Waals surface area contributed by atoms with E-state index >= 15 is 0 Å². The lowest BCUT2D eigenvalue weighted by Crippen LogP contribution is -2.45. The van der Waals surface area contributed by atoms with Crippen LogP contribution >= 0.6 is 0 Å². The van der Waals surface area contributed by atoms with E-state index in [1.807, 2.05) is 18.2 Å². The van der Waals surface area contributed by atoms with Gasteiger partial charge in [-0.15, -0.1) is 0 Å². The lowest BCUT2D eigenvalue weighted by atomic mass is 9.75. The first-order valence-electron chi connectivity index (χ1n) is 8.14. The summed E-state index contributed by atoms with van der Waals surface area (Å²) in [6, 6.07) is 9.61. The lowest BCUT2D eigenvalue weighted by Gasteiger charge is -2.41. The summed E-state index contributed by atoms with van der Waals surface area (Å²) in [7, 11) is 3.44. The van der Waals surface area contributed by atoms with Crippen LogP contribution in [-0.4, -0.2) is 51.9 Å². The predicted molar refractivity (Wildman–Crippen MR) is 90.7 cm³/mol. The Hall–Kier alpha value is -2.83. The molecule has 1 fully saturated rings. The molecule has 25 heavy (non-hydrogen) atoms. The van der Waals surface area contributed by atoms with Gasteiger partial charge in [-0.3, -0.25) is 9.48 Å². The number of nitrogens with zero attached hydrogens (tertiary/aromatic N) is 3. The van der Waals surface area contributed by atoms with Gasteiger partial charge in [-0.25, -0.2) is 4.79 Å². The van der Waals surface area contributed by atoms with Crippen LogP contribution in [-0.2, 0) is 11.3 Å². The van der Waals surface area contributed by atoms with Gasteiger partial charge in [-0.1, -0.05) is 12.1 Å².